The van der Waals surface area contributed by atoms with Gasteiger partial charge in [-0.05, 0) is 61.2 Å². The molecule has 29 heavy (non-hydrogen) atoms. The number of benzene rings is 2. The molecule has 0 fully saturated rings. The molecule has 3 rings (SSSR count). The van der Waals surface area contributed by atoms with Crippen LogP contribution in [0.25, 0.3) is 5.57 Å². The number of amides is 2. The lowest BCUT2D eigenvalue weighted by molar-refractivity contribution is -0.136. The second-order valence-electron chi connectivity index (χ2n) is 7.13. The van der Waals surface area contributed by atoms with Crippen molar-refractivity contribution >= 4 is 23.1 Å². The van der Waals surface area contributed by atoms with E-state index in [-0.39, 0.29) is 24.1 Å². The Morgan fingerprint density at radius 1 is 1.03 bits per heavy atom. The van der Waals surface area contributed by atoms with Crippen LogP contribution < -0.4 is 10.1 Å². The largest absolute Gasteiger partial charge is 0.494 e. The highest BCUT2D eigenvalue weighted by molar-refractivity contribution is 6.36. The van der Waals surface area contributed by atoms with Crippen LogP contribution in [0.4, 0.5) is 5.69 Å². The number of carbonyl (C=O) groups excluding carboxylic acids is 2. The minimum atomic E-state index is -0.352. The number of nitrogens with one attached hydrogen (secondary N) is 1. The Kier molecular flexibility index (Phi) is 6.17. The van der Waals surface area contributed by atoms with Gasteiger partial charge in [0.1, 0.15) is 11.4 Å². The van der Waals surface area contributed by atoms with Crippen LogP contribution in [0, 0.1) is 13.8 Å². The zero-order chi connectivity index (χ0) is 21.0. The number of aryl methyl sites for hydroxylation is 2. The zero-order valence-electron chi connectivity index (χ0n) is 17.1. The van der Waals surface area contributed by atoms with E-state index in [4.69, 9.17) is 4.74 Å². The molecular formula is C24H26N2O3. The van der Waals surface area contributed by atoms with Crippen molar-refractivity contribution in [2.24, 2.45) is 0 Å². The van der Waals surface area contributed by atoms with Crippen molar-refractivity contribution in [2.75, 3.05) is 18.5 Å². The summed E-state index contributed by atoms with van der Waals surface area (Å²) in [6.45, 7) is 10.5. The van der Waals surface area contributed by atoms with Crippen molar-refractivity contribution in [1.29, 1.82) is 0 Å². The molecule has 0 spiro atoms. The minimum Gasteiger partial charge on any atom is -0.494 e. The van der Waals surface area contributed by atoms with Crippen LogP contribution in [0.1, 0.15) is 30.0 Å². The quantitative estimate of drug-likeness (QED) is 0.534. The SMILES string of the molecule is C=CCN1C(=O)C(Nc2cc(C)cc(C)c2)=C(c2ccc(OCCC)cc2)C1=O. The smallest absolute Gasteiger partial charge is 0.278 e. The summed E-state index contributed by atoms with van der Waals surface area (Å²) in [5, 5.41) is 3.19. The third-order valence-electron chi connectivity index (χ3n) is 4.59. The van der Waals surface area contributed by atoms with Gasteiger partial charge in [0.25, 0.3) is 11.8 Å². The van der Waals surface area contributed by atoms with E-state index in [1.54, 1.807) is 6.08 Å². The predicted octanol–water partition coefficient (Wildman–Crippen LogP) is 4.47. The summed E-state index contributed by atoms with van der Waals surface area (Å²) in [5.41, 5.74) is 4.24. The molecule has 5 heteroatoms. The molecule has 0 aliphatic carbocycles. The Balaban J connectivity index is 2.02. The molecule has 0 saturated heterocycles. The molecule has 0 saturated carbocycles. The summed E-state index contributed by atoms with van der Waals surface area (Å²) in [6, 6.07) is 13.2. The standard InChI is InChI=1S/C24H26N2O3/c1-5-11-26-23(27)21(18-7-9-20(10-8-18)29-12-6-2)22(24(26)28)25-19-14-16(3)13-17(4)15-19/h5,7-10,13-15,25H,1,6,11-12H2,2-4H3. The first-order valence-corrected chi connectivity index (χ1v) is 9.74. The second kappa shape index (κ2) is 8.78. The van der Waals surface area contributed by atoms with Crippen LogP contribution in [-0.4, -0.2) is 29.9 Å². The molecule has 5 nitrogen and oxygen atoms in total. The highest BCUT2D eigenvalue weighted by Gasteiger charge is 2.38. The predicted molar refractivity (Wildman–Crippen MR) is 116 cm³/mol. The Labute approximate surface area is 171 Å². The Bertz CT molecular complexity index is 954. The molecule has 0 atom stereocenters. The fourth-order valence-electron chi connectivity index (χ4n) is 3.38. The summed E-state index contributed by atoms with van der Waals surface area (Å²) < 4.78 is 5.62. The highest BCUT2D eigenvalue weighted by Crippen LogP contribution is 2.31. The Morgan fingerprint density at radius 2 is 1.69 bits per heavy atom. The number of ether oxygens (including phenoxy) is 1. The third-order valence-corrected chi connectivity index (χ3v) is 4.59. The van der Waals surface area contributed by atoms with Gasteiger partial charge in [-0.2, -0.15) is 0 Å². The monoisotopic (exact) mass is 390 g/mol. The fourth-order valence-corrected chi connectivity index (χ4v) is 3.38. The van der Waals surface area contributed by atoms with Crippen LogP contribution >= 0.6 is 0 Å². The van der Waals surface area contributed by atoms with Crippen LogP contribution in [0.5, 0.6) is 5.75 Å². The first kappa shape index (κ1) is 20.4. The first-order chi connectivity index (χ1) is 13.9. The summed E-state index contributed by atoms with van der Waals surface area (Å²) in [4.78, 5) is 27.2. The van der Waals surface area contributed by atoms with Gasteiger partial charge in [-0.25, -0.2) is 0 Å². The van der Waals surface area contributed by atoms with Crippen molar-refractivity contribution in [3.05, 3.63) is 77.5 Å². The Hall–Kier alpha value is -3.34. The third kappa shape index (κ3) is 4.40. The van der Waals surface area contributed by atoms with Crippen molar-refractivity contribution in [3.63, 3.8) is 0 Å². The highest BCUT2D eigenvalue weighted by atomic mass is 16.5. The molecule has 1 N–H and O–H groups in total. The minimum absolute atomic E-state index is 0.164. The number of anilines is 1. The van der Waals surface area contributed by atoms with Gasteiger partial charge < -0.3 is 10.1 Å². The van der Waals surface area contributed by atoms with Gasteiger partial charge in [-0.1, -0.05) is 31.2 Å². The van der Waals surface area contributed by atoms with Crippen molar-refractivity contribution in [3.8, 4) is 5.75 Å². The maximum atomic E-state index is 13.0. The average molecular weight is 390 g/mol. The van der Waals surface area contributed by atoms with Gasteiger partial charge in [-0.15, -0.1) is 6.58 Å². The number of imide groups is 1. The number of hydrogen-bond donors (Lipinski definition) is 1. The van der Waals surface area contributed by atoms with Crippen LogP contribution in [0.15, 0.2) is 60.8 Å². The van der Waals surface area contributed by atoms with Gasteiger partial charge in [-0.3, -0.25) is 14.5 Å². The van der Waals surface area contributed by atoms with E-state index in [2.05, 4.69) is 18.0 Å². The molecule has 150 valence electrons. The number of rotatable bonds is 8. The second-order valence-corrected chi connectivity index (χ2v) is 7.13. The van der Waals surface area contributed by atoms with Crippen molar-refractivity contribution < 1.29 is 14.3 Å². The van der Waals surface area contributed by atoms with Gasteiger partial charge in [0.05, 0.1) is 12.2 Å². The van der Waals surface area contributed by atoms with E-state index in [1.807, 2.05) is 57.2 Å². The summed E-state index contributed by atoms with van der Waals surface area (Å²) in [6.07, 6.45) is 2.47. The lowest BCUT2D eigenvalue weighted by atomic mass is 10.0. The molecule has 1 heterocycles. The molecule has 0 aromatic heterocycles. The molecular weight excluding hydrogens is 364 g/mol. The molecule has 1 aliphatic heterocycles. The lowest BCUT2D eigenvalue weighted by Gasteiger charge is -2.13. The first-order valence-electron chi connectivity index (χ1n) is 9.74. The van der Waals surface area contributed by atoms with Crippen LogP contribution in [0.2, 0.25) is 0 Å². The molecule has 2 aromatic rings. The van der Waals surface area contributed by atoms with Gasteiger partial charge >= 0.3 is 0 Å². The van der Waals surface area contributed by atoms with E-state index < -0.39 is 0 Å². The van der Waals surface area contributed by atoms with Crippen molar-refractivity contribution in [2.45, 2.75) is 27.2 Å². The zero-order valence-corrected chi connectivity index (χ0v) is 17.1. The summed E-state index contributed by atoms with van der Waals surface area (Å²) in [7, 11) is 0. The number of carbonyl (C=O) groups is 2. The average Bonchev–Trinajstić information content (AvgIpc) is 2.91. The van der Waals surface area contributed by atoms with E-state index >= 15 is 0 Å². The number of nitrogens with zero attached hydrogens (tertiary/aromatic N) is 1. The normalized spacial score (nSPS) is 13.8. The Morgan fingerprint density at radius 3 is 2.28 bits per heavy atom. The topological polar surface area (TPSA) is 58.6 Å². The van der Waals surface area contributed by atoms with Crippen molar-refractivity contribution in [1.82, 2.24) is 4.90 Å². The molecule has 0 bridgehead atoms. The molecule has 1 aliphatic rings. The lowest BCUT2D eigenvalue weighted by Crippen LogP contribution is -2.32. The van der Waals surface area contributed by atoms with Crippen LogP contribution in [-0.2, 0) is 9.59 Å². The maximum absolute atomic E-state index is 13.0. The fraction of sp³-hybridized carbons (Fsp3) is 0.250. The number of hydrogen-bond acceptors (Lipinski definition) is 4. The van der Waals surface area contributed by atoms with Gasteiger partial charge in [0.2, 0.25) is 0 Å². The van der Waals surface area contributed by atoms with Gasteiger partial charge in [0, 0.05) is 12.2 Å². The summed E-state index contributed by atoms with van der Waals surface area (Å²) >= 11 is 0. The van der Waals surface area contributed by atoms with E-state index in [0.717, 1.165) is 29.0 Å². The maximum Gasteiger partial charge on any atom is 0.278 e. The van der Waals surface area contributed by atoms with E-state index in [0.29, 0.717) is 17.7 Å². The molecule has 0 radical (unpaired) electrons. The van der Waals surface area contributed by atoms with E-state index in [1.165, 1.54) is 4.90 Å². The summed E-state index contributed by atoms with van der Waals surface area (Å²) in [5.74, 6) is 0.0547. The molecule has 2 aromatic carbocycles. The van der Waals surface area contributed by atoms with E-state index in [9.17, 15) is 9.59 Å². The molecule has 2 amide bonds. The van der Waals surface area contributed by atoms with Crippen LogP contribution in [0.3, 0.4) is 0 Å². The van der Waals surface area contributed by atoms with Gasteiger partial charge in [0.15, 0.2) is 0 Å². The molecule has 0 unspecified atom stereocenters.